The average molecular weight is 280 g/mol. The number of nitrogens with zero attached hydrogens (tertiary/aromatic N) is 1. The van der Waals surface area contributed by atoms with Crippen LogP contribution in [0.1, 0.15) is 32.3 Å². The van der Waals surface area contributed by atoms with Crippen molar-refractivity contribution in [2.24, 2.45) is 5.92 Å². The summed E-state index contributed by atoms with van der Waals surface area (Å²) in [6.45, 7) is 8.24. The first-order valence-electron chi connectivity index (χ1n) is 7.47. The number of aromatic hydroxyl groups is 1. The lowest BCUT2D eigenvalue weighted by molar-refractivity contribution is 0.216. The Kier molecular flexibility index (Phi) is 5.38. The molecule has 1 aliphatic rings. The van der Waals surface area contributed by atoms with Crippen LogP contribution in [0.3, 0.4) is 0 Å². The molecule has 0 radical (unpaired) electrons. The summed E-state index contributed by atoms with van der Waals surface area (Å²) in [7, 11) is 0. The Morgan fingerprint density at radius 3 is 2.85 bits per heavy atom. The van der Waals surface area contributed by atoms with Crippen molar-refractivity contribution in [3.05, 3.63) is 29.6 Å². The number of hydrogen-bond acceptors (Lipinski definition) is 3. The third kappa shape index (κ3) is 4.46. The van der Waals surface area contributed by atoms with Crippen LogP contribution in [0, 0.1) is 11.7 Å². The van der Waals surface area contributed by atoms with Gasteiger partial charge in [-0.1, -0.05) is 19.9 Å². The molecule has 0 aliphatic carbocycles. The fraction of sp³-hybridized carbons (Fsp3) is 0.625. The molecule has 1 aromatic rings. The number of rotatable bonds is 6. The van der Waals surface area contributed by atoms with Crippen LogP contribution in [0.4, 0.5) is 4.39 Å². The number of phenolic OH excluding ortho intramolecular Hbond substituents is 1. The van der Waals surface area contributed by atoms with E-state index >= 15 is 0 Å². The lowest BCUT2D eigenvalue weighted by Gasteiger charge is -2.27. The fourth-order valence-electron chi connectivity index (χ4n) is 2.85. The van der Waals surface area contributed by atoms with Gasteiger partial charge in [-0.15, -0.1) is 0 Å². The molecule has 3 nitrogen and oxygen atoms in total. The van der Waals surface area contributed by atoms with E-state index < -0.39 is 5.82 Å². The molecule has 1 aliphatic heterocycles. The third-order valence-electron chi connectivity index (χ3n) is 3.68. The summed E-state index contributed by atoms with van der Waals surface area (Å²) in [4.78, 5) is 2.37. The van der Waals surface area contributed by atoms with Crippen molar-refractivity contribution in [2.75, 3.05) is 19.6 Å². The van der Waals surface area contributed by atoms with E-state index in [2.05, 4.69) is 24.1 Å². The van der Waals surface area contributed by atoms with Gasteiger partial charge in [-0.05, 0) is 43.0 Å². The molecule has 0 saturated carbocycles. The highest BCUT2D eigenvalue weighted by atomic mass is 19.1. The van der Waals surface area contributed by atoms with E-state index in [-0.39, 0.29) is 5.75 Å². The normalized spacial score (nSPS) is 19.1. The first-order valence-corrected chi connectivity index (χ1v) is 7.47. The number of nitrogens with one attached hydrogen (secondary N) is 1. The molecule has 4 heteroatoms. The van der Waals surface area contributed by atoms with Gasteiger partial charge < -0.3 is 10.4 Å². The molecule has 1 unspecified atom stereocenters. The van der Waals surface area contributed by atoms with Crippen LogP contribution in [0.25, 0.3) is 0 Å². The van der Waals surface area contributed by atoms with Gasteiger partial charge in [0.05, 0.1) is 0 Å². The van der Waals surface area contributed by atoms with Gasteiger partial charge in [0.25, 0.3) is 0 Å². The Balaban J connectivity index is 1.99. The van der Waals surface area contributed by atoms with Crippen LogP contribution in [0.15, 0.2) is 18.2 Å². The van der Waals surface area contributed by atoms with E-state index in [1.54, 1.807) is 6.07 Å². The summed E-state index contributed by atoms with van der Waals surface area (Å²) in [5.41, 5.74) is 0.916. The predicted octanol–water partition coefficient (Wildman–Crippen LogP) is 2.74. The summed E-state index contributed by atoms with van der Waals surface area (Å²) in [5.74, 6) is -0.231. The second kappa shape index (κ2) is 7.04. The monoisotopic (exact) mass is 280 g/mol. The quantitative estimate of drug-likeness (QED) is 0.841. The molecule has 1 heterocycles. The third-order valence-corrected chi connectivity index (χ3v) is 3.68. The molecule has 1 saturated heterocycles. The molecule has 2 rings (SSSR count). The van der Waals surface area contributed by atoms with Crippen molar-refractivity contribution in [2.45, 2.75) is 39.3 Å². The number of benzene rings is 1. The average Bonchev–Trinajstić information content (AvgIpc) is 2.86. The summed E-state index contributed by atoms with van der Waals surface area (Å²) in [6, 6.07) is 5.22. The lowest BCUT2D eigenvalue weighted by atomic mass is 10.1. The Labute approximate surface area is 120 Å². The lowest BCUT2D eigenvalue weighted by Crippen LogP contribution is -2.38. The Hall–Kier alpha value is -1.13. The SMILES string of the molecule is CC(C)CN(Cc1ccc(O)c(F)c1)CC1CCCN1. The van der Waals surface area contributed by atoms with Crippen molar-refractivity contribution >= 4 is 0 Å². The standard InChI is InChI=1S/C16H25FN2O/c1-12(2)9-19(11-14-4-3-7-18-14)10-13-5-6-16(20)15(17)8-13/h5-6,8,12,14,18,20H,3-4,7,9-11H2,1-2H3. The van der Waals surface area contributed by atoms with Gasteiger partial charge in [-0.3, -0.25) is 4.90 Å². The fourth-order valence-corrected chi connectivity index (χ4v) is 2.85. The smallest absolute Gasteiger partial charge is 0.165 e. The molecule has 20 heavy (non-hydrogen) atoms. The molecule has 0 aromatic heterocycles. The number of hydrogen-bond donors (Lipinski definition) is 2. The molecule has 2 N–H and O–H groups in total. The largest absolute Gasteiger partial charge is 0.505 e. The highest BCUT2D eigenvalue weighted by molar-refractivity contribution is 5.27. The molecular weight excluding hydrogens is 255 g/mol. The topological polar surface area (TPSA) is 35.5 Å². The zero-order valence-electron chi connectivity index (χ0n) is 12.4. The van der Waals surface area contributed by atoms with Crippen molar-refractivity contribution in [1.82, 2.24) is 10.2 Å². The molecule has 112 valence electrons. The zero-order valence-corrected chi connectivity index (χ0v) is 12.4. The van der Waals surface area contributed by atoms with E-state index in [1.165, 1.54) is 25.0 Å². The van der Waals surface area contributed by atoms with Gasteiger partial charge >= 0.3 is 0 Å². The zero-order chi connectivity index (χ0) is 14.5. The Morgan fingerprint density at radius 1 is 1.45 bits per heavy atom. The van der Waals surface area contributed by atoms with E-state index in [0.29, 0.717) is 12.0 Å². The maximum atomic E-state index is 13.4. The highest BCUT2D eigenvalue weighted by Gasteiger charge is 2.19. The van der Waals surface area contributed by atoms with E-state index in [1.807, 2.05) is 0 Å². The summed E-state index contributed by atoms with van der Waals surface area (Å²) < 4.78 is 13.4. The van der Waals surface area contributed by atoms with Gasteiger partial charge in [0.15, 0.2) is 11.6 Å². The van der Waals surface area contributed by atoms with Gasteiger partial charge in [0.1, 0.15) is 0 Å². The molecule has 0 bridgehead atoms. The summed E-state index contributed by atoms with van der Waals surface area (Å²) in [5, 5.41) is 12.8. The highest BCUT2D eigenvalue weighted by Crippen LogP contribution is 2.18. The first-order chi connectivity index (χ1) is 9.54. The summed E-state index contributed by atoms with van der Waals surface area (Å²) in [6.07, 6.45) is 2.46. The second-order valence-electron chi connectivity index (χ2n) is 6.17. The number of halogens is 1. The van der Waals surface area contributed by atoms with E-state index in [0.717, 1.165) is 31.7 Å². The van der Waals surface area contributed by atoms with Crippen LogP contribution in [-0.2, 0) is 6.54 Å². The van der Waals surface area contributed by atoms with Crippen LogP contribution < -0.4 is 5.32 Å². The Bertz CT molecular complexity index is 430. The van der Waals surface area contributed by atoms with Gasteiger partial charge in [0.2, 0.25) is 0 Å². The minimum atomic E-state index is -0.536. The molecular formula is C16H25FN2O. The molecule has 1 aromatic carbocycles. The van der Waals surface area contributed by atoms with Crippen molar-refractivity contribution in [3.63, 3.8) is 0 Å². The van der Waals surface area contributed by atoms with E-state index in [4.69, 9.17) is 0 Å². The van der Waals surface area contributed by atoms with Crippen LogP contribution in [0.2, 0.25) is 0 Å². The molecule has 1 fully saturated rings. The van der Waals surface area contributed by atoms with Gasteiger partial charge in [-0.2, -0.15) is 0 Å². The van der Waals surface area contributed by atoms with Crippen molar-refractivity contribution < 1.29 is 9.50 Å². The maximum Gasteiger partial charge on any atom is 0.165 e. The van der Waals surface area contributed by atoms with Gasteiger partial charge in [0, 0.05) is 25.7 Å². The minimum Gasteiger partial charge on any atom is -0.505 e. The maximum absolute atomic E-state index is 13.4. The second-order valence-corrected chi connectivity index (χ2v) is 6.17. The predicted molar refractivity (Wildman–Crippen MR) is 79.2 cm³/mol. The van der Waals surface area contributed by atoms with Crippen molar-refractivity contribution in [3.8, 4) is 5.75 Å². The minimum absolute atomic E-state index is 0.276. The van der Waals surface area contributed by atoms with Gasteiger partial charge in [-0.25, -0.2) is 4.39 Å². The molecule has 0 amide bonds. The van der Waals surface area contributed by atoms with Crippen LogP contribution in [-0.4, -0.2) is 35.7 Å². The number of phenols is 1. The van der Waals surface area contributed by atoms with E-state index in [9.17, 15) is 9.50 Å². The molecule has 1 atom stereocenters. The summed E-state index contributed by atoms with van der Waals surface area (Å²) >= 11 is 0. The first kappa shape index (κ1) is 15.3. The van der Waals surface area contributed by atoms with Crippen LogP contribution in [0.5, 0.6) is 5.75 Å². The van der Waals surface area contributed by atoms with Crippen molar-refractivity contribution in [1.29, 1.82) is 0 Å². The Morgan fingerprint density at radius 2 is 2.25 bits per heavy atom. The van der Waals surface area contributed by atoms with Crippen LogP contribution >= 0.6 is 0 Å². The molecule has 0 spiro atoms.